The van der Waals surface area contributed by atoms with Gasteiger partial charge in [-0.1, -0.05) is 103 Å². The molecule has 1 nitrogen and oxygen atoms in total. The molecule has 1 unspecified atom stereocenters. The van der Waals surface area contributed by atoms with Crippen LogP contribution in [-0.2, 0) is 0 Å². The number of hydrogen-bond acceptors (Lipinski definition) is 1. The fourth-order valence-electron chi connectivity index (χ4n) is 4.34. The van der Waals surface area contributed by atoms with Crippen molar-refractivity contribution in [2.24, 2.45) is 17.8 Å². The highest BCUT2D eigenvalue weighted by molar-refractivity contribution is 4.92. The van der Waals surface area contributed by atoms with Crippen LogP contribution in [0.1, 0.15) is 104 Å². The Labute approximate surface area is 146 Å². The highest BCUT2D eigenvalue weighted by Gasteiger charge is 2.26. The molecule has 1 N–H and O–H groups in total. The van der Waals surface area contributed by atoms with Crippen LogP contribution in [0.15, 0.2) is 12.2 Å². The zero-order valence-electron chi connectivity index (χ0n) is 16.0. The molecule has 1 saturated carbocycles. The van der Waals surface area contributed by atoms with Crippen LogP contribution >= 0.6 is 0 Å². The summed E-state index contributed by atoms with van der Waals surface area (Å²) in [4.78, 5) is 0. The van der Waals surface area contributed by atoms with E-state index in [9.17, 15) is 0 Å². The second-order valence-electron chi connectivity index (χ2n) is 8.14. The molecule has 136 valence electrons. The summed E-state index contributed by atoms with van der Waals surface area (Å²) >= 11 is 0. The van der Waals surface area contributed by atoms with Gasteiger partial charge in [0.05, 0.1) is 6.61 Å². The van der Waals surface area contributed by atoms with Crippen molar-refractivity contribution in [1.29, 1.82) is 0 Å². The van der Waals surface area contributed by atoms with E-state index in [4.69, 9.17) is 5.11 Å². The lowest BCUT2D eigenvalue weighted by molar-refractivity contribution is 0.311. The molecule has 1 fully saturated rings. The van der Waals surface area contributed by atoms with Crippen molar-refractivity contribution < 1.29 is 5.11 Å². The molecule has 1 aliphatic rings. The molecule has 1 aliphatic carbocycles. The molecule has 0 heterocycles. The van der Waals surface area contributed by atoms with Gasteiger partial charge >= 0.3 is 0 Å². The predicted octanol–water partition coefficient (Wildman–Crippen LogP) is 6.90. The topological polar surface area (TPSA) is 20.2 Å². The Hall–Kier alpha value is -0.300. The third-order valence-electron chi connectivity index (χ3n) is 5.97. The minimum absolute atomic E-state index is 0.168. The molecule has 3 atom stereocenters. The first-order valence-corrected chi connectivity index (χ1v) is 10.4. The summed E-state index contributed by atoms with van der Waals surface area (Å²) in [5.41, 5.74) is 1.00. The van der Waals surface area contributed by atoms with E-state index in [0.29, 0.717) is 0 Å². The van der Waals surface area contributed by atoms with Crippen LogP contribution in [0.5, 0.6) is 0 Å². The van der Waals surface area contributed by atoms with Crippen molar-refractivity contribution in [2.75, 3.05) is 6.61 Å². The van der Waals surface area contributed by atoms with Crippen LogP contribution in [0.25, 0.3) is 0 Å². The maximum Gasteiger partial charge on any atom is 0.0639 e. The SMILES string of the molecule is C=C(CO)CCCCC[C@H]1CCC[C@@H]1CCCC(C)CCCC. The highest BCUT2D eigenvalue weighted by Crippen LogP contribution is 2.38. The van der Waals surface area contributed by atoms with Gasteiger partial charge in [0.1, 0.15) is 0 Å². The van der Waals surface area contributed by atoms with Gasteiger partial charge in [0, 0.05) is 0 Å². The molecule has 0 spiro atoms. The van der Waals surface area contributed by atoms with Gasteiger partial charge < -0.3 is 5.11 Å². The first-order valence-electron chi connectivity index (χ1n) is 10.4. The van der Waals surface area contributed by atoms with Crippen molar-refractivity contribution in [3.63, 3.8) is 0 Å². The molecule has 0 bridgehead atoms. The van der Waals surface area contributed by atoms with Gasteiger partial charge in [-0.2, -0.15) is 0 Å². The van der Waals surface area contributed by atoms with E-state index in [0.717, 1.165) is 29.7 Å². The molecule has 0 radical (unpaired) electrons. The maximum atomic E-state index is 8.97. The number of rotatable bonds is 14. The zero-order chi connectivity index (χ0) is 16.9. The van der Waals surface area contributed by atoms with Crippen LogP contribution in [0.2, 0.25) is 0 Å². The smallest absolute Gasteiger partial charge is 0.0639 e. The van der Waals surface area contributed by atoms with Crippen LogP contribution in [0.3, 0.4) is 0 Å². The van der Waals surface area contributed by atoms with Gasteiger partial charge in [0.25, 0.3) is 0 Å². The van der Waals surface area contributed by atoms with Crippen molar-refractivity contribution in [3.8, 4) is 0 Å². The van der Waals surface area contributed by atoms with Crippen molar-refractivity contribution >= 4 is 0 Å². The van der Waals surface area contributed by atoms with E-state index in [1.165, 1.54) is 83.5 Å². The molecule has 0 amide bonds. The molecule has 0 aromatic heterocycles. The first-order chi connectivity index (χ1) is 11.2. The quantitative estimate of drug-likeness (QED) is 0.272. The molecular formula is C22H42O. The number of unbranched alkanes of at least 4 members (excludes halogenated alkanes) is 3. The summed E-state index contributed by atoms with van der Waals surface area (Å²) in [5, 5.41) is 8.97. The molecule has 0 aromatic carbocycles. The number of aliphatic hydroxyl groups excluding tert-OH is 1. The fraction of sp³-hybridized carbons (Fsp3) is 0.909. The zero-order valence-corrected chi connectivity index (χ0v) is 16.0. The summed E-state index contributed by atoms with van der Waals surface area (Å²) in [6.07, 6.45) is 19.4. The molecular weight excluding hydrogens is 280 g/mol. The predicted molar refractivity (Wildman–Crippen MR) is 103 cm³/mol. The largest absolute Gasteiger partial charge is 0.392 e. The molecule has 0 saturated heterocycles. The van der Waals surface area contributed by atoms with Gasteiger partial charge in [-0.05, 0) is 30.6 Å². The Bertz CT molecular complexity index is 296. The van der Waals surface area contributed by atoms with Crippen LogP contribution in [-0.4, -0.2) is 11.7 Å². The van der Waals surface area contributed by atoms with Gasteiger partial charge in [-0.25, -0.2) is 0 Å². The van der Waals surface area contributed by atoms with Crippen molar-refractivity contribution in [1.82, 2.24) is 0 Å². The second kappa shape index (κ2) is 13.0. The summed E-state index contributed by atoms with van der Waals surface area (Å²) in [7, 11) is 0. The lowest BCUT2D eigenvalue weighted by Gasteiger charge is -2.20. The molecule has 0 aliphatic heterocycles. The molecule has 23 heavy (non-hydrogen) atoms. The Morgan fingerprint density at radius 3 is 2.30 bits per heavy atom. The average molecular weight is 323 g/mol. The minimum Gasteiger partial charge on any atom is -0.392 e. The van der Waals surface area contributed by atoms with E-state index in [2.05, 4.69) is 20.4 Å². The summed E-state index contributed by atoms with van der Waals surface area (Å²) in [6.45, 7) is 8.79. The van der Waals surface area contributed by atoms with E-state index in [1.54, 1.807) is 0 Å². The van der Waals surface area contributed by atoms with Gasteiger partial charge in [0.15, 0.2) is 0 Å². The van der Waals surface area contributed by atoms with Crippen LogP contribution < -0.4 is 0 Å². The Balaban J connectivity index is 2.08. The third kappa shape index (κ3) is 9.55. The lowest BCUT2D eigenvalue weighted by atomic mass is 9.85. The van der Waals surface area contributed by atoms with Gasteiger partial charge in [-0.15, -0.1) is 0 Å². The normalized spacial score (nSPS) is 22.4. The first kappa shape index (κ1) is 20.7. The Morgan fingerprint density at radius 1 is 1.00 bits per heavy atom. The summed E-state index contributed by atoms with van der Waals surface area (Å²) < 4.78 is 0. The molecule has 1 heteroatoms. The summed E-state index contributed by atoms with van der Waals surface area (Å²) in [5.74, 6) is 2.98. The maximum absolute atomic E-state index is 8.97. The lowest BCUT2D eigenvalue weighted by Crippen LogP contribution is -2.09. The molecule has 0 aromatic rings. The van der Waals surface area contributed by atoms with Crippen molar-refractivity contribution in [3.05, 3.63) is 12.2 Å². The van der Waals surface area contributed by atoms with E-state index < -0.39 is 0 Å². The number of aliphatic hydroxyl groups is 1. The van der Waals surface area contributed by atoms with Gasteiger partial charge in [-0.3, -0.25) is 0 Å². The van der Waals surface area contributed by atoms with Crippen LogP contribution in [0.4, 0.5) is 0 Å². The summed E-state index contributed by atoms with van der Waals surface area (Å²) in [6, 6.07) is 0. The van der Waals surface area contributed by atoms with E-state index in [-0.39, 0.29) is 6.61 Å². The van der Waals surface area contributed by atoms with Crippen LogP contribution in [0, 0.1) is 17.8 Å². The van der Waals surface area contributed by atoms with Gasteiger partial charge in [0.2, 0.25) is 0 Å². The fourth-order valence-corrected chi connectivity index (χ4v) is 4.34. The Morgan fingerprint density at radius 2 is 1.65 bits per heavy atom. The number of hydrogen-bond donors (Lipinski definition) is 1. The average Bonchev–Trinajstić information content (AvgIpc) is 2.99. The van der Waals surface area contributed by atoms with E-state index in [1.807, 2.05) is 0 Å². The minimum atomic E-state index is 0.168. The highest BCUT2D eigenvalue weighted by atomic mass is 16.3. The van der Waals surface area contributed by atoms with Crippen molar-refractivity contribution in [2.45, 2.75) is 104 Å². The Kier molecular flexibility index (Phi) is 11.8. The standard InChI is InChI=1S/C22H42O/c1-4-5-11-19(2)13-9-15-22-17-10-16-21(22)14-8-6-7-12-20(3)18-23/h19,21-23H,3-18H2,1-2H3/t19?,21-,22-/m0/s1. The third-order valence-corrected chi connectivity index (χ3v) is 5.97. The van der Waals surface area contributed by atoms with E-state index >= 15 is 0 Å². The second-order valence-corrected chi connectivity index (χ2v) is 8.14. The monoisotopic (exact) mass is 322 g/mol. The molecule has 1 rings (SSSR count).